The molecule has 1 aromatic heterocycles. The molecule has 5 heteroatoms. The smallest absolute Gasteiger partial charge is 0.159 e. The van der Waals surface area contributed by atoms with Crippen LogP contribution in [0.1, 0.15) is 19.0 Å². The van der Waals surface area contributed by atoms with Crippen LogP contribution in [0.15, 0.2) is 18.3 Å². The Bertz CT molecular complexity index is 350. The lowest BCUT2D eigenvalue weighted by Crippen LogP contribution is -2.31. The van der Waals surface area contributed by atoms with Crippen LogP contribution >= 0.6 is 0 Å². The Labute approximate surface area is 101 Å². The molecule has 0 aliphatic carbocycles. The molecule has 0 aliphatic rings. The summed E-state index contributed by atoms with van der Waals surface area (Å²) in [6.07, 6.45) is 1.39. The summed E-state index contributed by atoms with van der Waals surface area (Å²) < 4.78 is 15.3. The van der Waals surface area contributed by atoms with E-state index < -0.39 is 11.9 Å². The second-order valence-corrected chi connectivity index (χ2v) is 3.93. The van der Waals surface area contributed by atoms with Crippen LogP contribution in [-0.2, 0) is 15.1 Å². The lowest BCUT2D eigenvalue weighted by molar-refractivity contribution is -0.143. The molecule has 0 spiro atoms. The zero-order valence-electron chi connectivity index (χ0n) is 10.6. The van der Waals surface area contributed by atoms with Crippen molar-refractivity contribution in [1.29, 1.82) is 0 Å². The van der Waals surface area contributed by atoms with Crippen LogP contribution in [0.5, 0.6) is 5.75 Å². The molecule has 0 saturated carbocycles. The summed E-state index contributed by atoms with van der Waals surface area (Å²) in [5.41, 5.74) is -0.704. The number of methoxy groups -OCH3 is 3. The minimum absolute atomic E-state index is 0.271. The van der Waals surface area contributed by atoms with Crippen LogP contribution in [0, 0.1) is 0 Å². The third-order valence-corrected chi connectivity index (χ3v) is 2.59. The molecule has 1 heterocycles. The Kier molecular flexibility index (Phi) is 4.86. The molecule has 17 heavy (non-hydrogen) atoms. The summed E-state index contributed by atoms with van der Waals surface area (Å²) in [7, 11) is 4.60. The van der Waals surface area contributed by atoms with Gasteiger partial charge in [-0.3, -0.25) is 4.98 Å². The van der Waals surface area contributed by atoms with Crippen LogP contribution in [0.25, 0.3) is 0 Å². The molecule has 0 saturated heterocycles. The topological polar surface area (TPSA) is 60.8 Å². The van der Waals surface area contributed by atoms with Gasteiger partial charge >= 0.3 is 0 Å². The Morgan fingerprint density at radius 2 is 2.00 bits per heavy atom. The number of nitrogens with zero attached hydrogens (tertiary/aromatic N) is 1. The molecular formula is C12H19NO4. The highest BCUT2D eigenvalue weighted by Crippen LogP contribution is 2.31. The van der Waals surface area contributed by atoms with Gasteiger partial charge in [0, 0.05) is 26.8 Å². The van der Waals surface area contributed by atoms with Gasteiger partial charge < -0.3 is 19.3 Å². The molecule has 0 fully saturated rings. The zero-order chi connectivity index (χ0) is 12.9. The zero-order valence-corrected chi connectivity index (χ0v) is 10.6. The number of hydrogen-bond acceptors (Lipinski definition) is 5. The molecular weight excluding hydrogens is 222 g/mol. The fourth-order valence-electron chi connectivity index (χ4n) is 1.64. The van der Waals surface area contributed by atoms with Crippen molar-refractivity contribution in [3.05, 3.63) is 24.0 Å². The van der Waals surface area contributed by atoms with Crippen molar-refractivity contribution in [2.75, 3.05) is 21.3 Å². The number of hydrogen-bond donors (Lipinski definition) is 1. The lowest BCUT2D eigenvalue weighted by Gasteiger charge is -2.27. The van der Waals surface area contributed by atoms with Gasteiger partial charge in [0.2, 0.25) is 0 Å². The fourth-order valence-corrected chi connectivity index (χ4v) is 1.64. The molecule has 1 N–H and O–H groups in total. The number of aromatic nitrogens is 1. The van der Waals surface area contributed by atoms with Gasteiger partial charge in [-0.15, -0.1) is 0 Å². The van der Waals surface area contributed by atoms with Gasteiger partial charge in [-0.2, -0.15) is 0 Å². The highest BCUT2D eigenvalue weighted by Gasteiger charge is 2.31. The first-order chi connectivity index (χ1) is 8.05. The van der Waals surface area contributed by atoms with Crippen molar-refractivity contribution in [2.45, 2.75) is 25.2 Å². The third-order valence-electron chi connectivity index (χ3n) is 2.59. The average Bonchev–Trinajstić information content (AvgIpc) is 2.35. The van der Waals surface area contributed by atoms with Gasteiger partial charge in [-0.05, 0) is 19.1 Å². The molecule has 0 bridgehead atoms. The first kappa shape index (κ1) is 13.9. The normalized spacial score (nSPS) is 14.7. The SMILES string of the molecule is COc1cccnc1C(C)(O)CC(OC)OC. The number of rotatable bonds is 6. The summed E-state index contributed by atoms with van der Waals surface area (Å²) in [6, 6.07) is 3.51. The van der Waals surface area contributed by atoms with E-state index in [1.165, 1.54) is 14.2 Å². The van der Waals surface area contributed by atoms with E-state index >= 15 is 0 Å². The van der Waals surface area contributed by atoms with E-state index in [2.05, 4.69) is 4.98 Å². The molecule has 0 radical (unpaired) electrons. The summed E-state index contributed by atoms with van der Waals surface area (Å²) in [5, 5.41) is 10.4. The monoisotopic (exact) mass is 241 g/mol. The van der Waals surface area contributed by atoms with Crippen LogP contribution < -0.4 is 4.74 Å². The van der Waals surface area contributed by atoms with Crippen LogP contribution in [-0.4, -0.2) is 37.7 Å². The van der Waals surface area contributed by atoms with Crippen LogP contribution in [0.2, 0.25) is 0 Å². The minimum Gasteiger partial charge on any atom is -0.495 e. The van der Waals surface area contributed by atoms with E-state index in [0.717, 1.165) is 0 Å². The maximum absolute atomic E-state index is 10.4. The van der Waals surface area contributed by atoms with E-state index in [4.69, 9.17) is 14.2 Å². The molecule has 1 unspecified atom stereocenters. The van der Waals surface area contributed by atoms with Gasteiger partial charge in [0.1, 0.15) is 17.0 Å². The molecule has 1 rings (SSSR count). The van der Waals surface area contributed by atoms with Gasteiger partial charge in [0.05, 0.1) is 7.11 Å². The number of ether oxygens (including phenoxy) is 3. The first-order valence-corrected chi connectivity index (χ1v) is 5.32. The first-order valence-electron chi connectivity index (χ1n) is 5.32. The molecule has 96 valence electrons. The van der Waals surface area contributed by atoms with Crippen molar-refractivity contribution in [3.8, 4) is 5.75 Å². The van der Waals surface area contributed by atoms with Crippen LogP contribution in [0.4, 0.5) is 0 Å². The predicted octanol–water partition coefficient (Wildman–Crippen LogP) is 1.31. The Morgan fingerprint density at radius 3 is 2.53 bits per heavy atom. The fraction of sp³-hybridized carbons (Fsp3) is 0.583. The van der Waals surface area contributed by atoms with E-state index in [1.54, 1.807) is 32.4 Å². The summed E-state index contributed by atoms with van der Waals surface area (Å²) in [4.78, 5) is 4.16. The van der Waals surface area contributed by atoms with Crippen molar-refractivity contribution in [2.24, 2.45) is 0 Å². The Balaban J connectivity index is 2.95. The second-order valence-electron chi connectivity index (χ2n) is 3.93. The van der Waals surface area contributed by atoms with E-state index in [0.29, 0.717) is 11.4 Å². The van der Waals surface area contributed by atoms with Crippen molar-refractivity contribution >= 4 is 0 Å². The molecule has 0 aromatic carbocycles. The number of aliphatic hydroxyl groups is 1. The Hall–Kier alpha value is -1.17. The molecule has 1 aromatic rings. The van der Waals surface area contributed by atoms with Gasteiger partial charge in [-0.1, -0.05) is 0 Å². The molecule has 0 aliphatic heterocycles. The molecule has 5 nitrogen and oxygen atoms in total. The van der Waals surface area contributed by atoms with E-state index in [-0.39, 0.29) is 6.42 Å². The average molecular weight is 241 g/mol. The summed E-state index contributed by atoms with van der Waals surface area (Å²) >= 11 is 0. The van der Waals surface area contributed by atoms with Gasteiger partial charge in [0.25, 0.3) is 0 Å². The maximum atomic E-state index is 10.4. The highest BCUT2D eigenvalue weighted by molar-refractivity contribution is 5.31. The number of pyridine rings is 1. The van der Waals surface area contributed by atoms with E-state index in [9.17, 15) is 5.11 Å². The van der Waals surface area contributed by atoms with Crippen LogP contribution in [0.3, 0.4) is 0 Å². The van der Waals surface area contributed by atoms with Crippen molar-refractivity contribution in [1.82, 2.24) is 4.98 Å². The highest BCUT2D eigenvalue weighted by atomic mass is 16.7. The van der Waals surface area contributed by atoms with Crippen molar-refractivity contribution < 1.29 is 19.3 Å². The maximum Gasteiger partial charge on any atom is 0.159 e. The minimum atomic E-state index is -1.18. The second kappa shape index (κ2) is 5.95. The van der Waals surface area contributed by atoms with Gasteiger partial charge in [-0.25, -0.2) is 0 Å². The standard InChI is InChI=1S/C12H19NO4/c1-12(14,8-10(16-3)17-4)11-9(15-2)6-5-7-13-11/h5-7,10,14H,8H2,1-4H3. The predicted molar refractivity (Wildman–Crippen MR) is 62.8 cm³/mol. The largest absolute Gasteiger partial charge is 0.495 e. The lowest BCUT2D eigenvalue weighted by atomic mass is 9.96. The third kappa shape index (κ3) is 3.39. The Morgan fingerprint density at radius 1 is 1.35 bits per heavy atom. The molecule has 1 atom stereocenters. The summed E-state index contributed by atoms with van der Waals surface area (Å²) in [6.45, 7) is 1.66. The van der Waals surface area contributed by atoms with Crippen molar-refractivity contribution in [3.63, 3.8) is 0 Å². The quantitative estimate of drug-likeness (QED) is 0.761. The van der Waals surface area contributed by atoms with E-state index in [1.807, 2.05) is 0 Å². The van der Waals surface area contributed by atoms with Gasteiger partial charge in [0.15, 0.2) is 6.29 Å². The molecule has 0 amide bonds. The summed E-state index contributed by atoms with van der Waals surface area (Å²) in [5.74, 6) is 0.545.